The predicted octanol–water partition coefficient (Wildman–Crippen LogP) is 3.52. The Bertz CT molecular complexity index is 951. The van der Waals surface area contributed by atoms with E-state index in [1.165, 1.54) is 12.8 Å². The van der Waals surface area contributed by atoms with Crippen LogP contribution in [0.25, 0.3) is 10.9 Å². The summed E-state index contributed by atoms with van der Waals surface area (Å²) in [6.07, 6.45) is 6.06. The first-order valence-corrected chi connectivity index (χ1v) is 9.09. The summed E-state index contributed by atoms with van der Waals surface area (Å²) in [6.45, 7) is 0.672. The van der Waals surface area contributed by atoms with Crippen LogP contribution in [-0.4, -0.2) is 27.8 Å². The summed E-state index contributed by atoms with van der Waals surface area (Å²) in [5, 5.41) is 5.68. The Hall–Kier alpha value is -2.21. The van der Waals surface area contributed by atoms with Crippen molar-refractivity contribution in [2.45, 2.75) is 25.8 Å². The number of carbonyl (C=O) groups excluding carboxylic acids is 1. The third-order valence-electron chi connectivity index (χ3n) is 4.83. The molecule has 0 saturated carbocycles. The Kier molecular flexibility index (Phi) is 4.29. The number of hydrogen-bond donors (Lipinski definition) is 0. The van der Waals surface area contributed by atoms with E-state index in [1.54, 1.807) is 0 Å². The summed E-state index contributed by atoms with van der Waals surface area (Å²) in [6, 6.07) is 8.19. The highest BCUT2D eigenvalue weighted by molar-refractivity contribution is 9.10. The molecule has 0 fully saturated rings. The number of methoxy groups -OCH3 is 1. The Labute approximate surface area is 154 Å². The molecule has 4 rings (SSSR count). The van der Waals surface area contributed by atoms with Crippen molar-refractivity contribution in [2.24, 2.45) is 5.92 Å². The maximum atomic E-state index is 11.8. The number of esters is 1. The standard InChI is InChI=1S/C19H18BrN3O2/c1-25-19(24)13-4-5-17-14(7-13)10-22-23(17)11-15-9-16(20)8-12-3-2-6-21-18(12)15/h2-3,6,8-10,13H,4-5,7,11H2,1H3. The molecule has 25 heavy (non-hydrogen) atoms. The summed E-state index contributed by atoms with van der Waals surface area (Å²) in [5.41, 5.74) is 4.49. The molecule has 0 spiro atoms. The molecule has 1 atom stereocenters. The second kappa shape index (κ2) is 6.59. The van der Waals surface area contributed by atoms with Gasteiger partial charge in [0.05, 0.1) is 31.3 Å². The third kappa shape index (κ3) is 3.06. The Morgan fingerprint density at radius 2 is 2.32 bits per heavy atom. The molecule has 0 radical (unpaired) electrons. The fourth-order valence-corrected chi connectivity index (χ4v) is 4.12. The summed E-state index contributed by atoms with van der Waals surface area (Å²) in [7, 11) is 1.45. The van der Waals surface area contributed by atoms with Gasteiger partial charge in [-0.05, 0) is 43.0 Å². The van der Waals surface area contributed by atoms with Gasteiger partial charge in [0.15, 0.2) is 0 Å². The fraction of sp³-hybridized carbons (Fsp3) is 0.316. The van der Waals surface area contributed by atoms with Gasteiger partial charge in [-0.25, -0.2) is 0 Å². The molecule has 5 nitrogen and oxygen atoms in total. The lowest BCUT2D eigenvalue weighted by Gasteiger charge is -2.21. The third-order valence-corrected chi connectivity index (χ3v) is 5.29. The number of benzene rings is 1. The van der Waals surface area contributed by atoms with Crippen LogP contribution >= 0.6 is 15.9 Å². The van der Waals surface area contributed by atoms with E-state index < -0.39 is 0 Å². The minimum Gasteiger partial charge on any atom is -0.469 e. The molecule has 128 valence electrons. The molecular weight excluding hydrogens is 382 g/mol. The van der Waals surface area contributed by atoms with Gasteiger partial charge in [0.1, 0.15) is 0 Å². The van der Waals surface area contributed by atoms with Crippen LogP contribution in [0.4, 0.5) is 0 Å². The van der Waals surface area contributed by atoms with Crippen LogP contribution < -0.4 is 0 Å². The number of pyridine rings is 1. The monoisotopic (exact) mass is 399 g/mol. The topological polar surface area (TPSA) is 57.0 Å². The van der Waals surface area contributed by atoms with E-state index in [-0.39, 0.29) is 11.9 Å². The van der Waals surface area contributed by atoms with Gasteiger partial charge in [-0.1, -0.05) is 22.0 Å². The molecule has 3 aromatic rings. The van der Waals surface area contributed by atoms with Crippen molar-refractivity contribution in [3.05, 3.63) is 58.0 Å². The molecule has 2 aromatic heterocycles. The Balaban J connectivity index is 1.66. The van der Waals surface area contributed by atoms with Gasteiger partial charge in [-0.3, -0.25) is 14.5 Å². The van der Waals surface area contributed by atoms with Gasteiger partial charge in [0.2, 0.25) is 0 Å². The van der Waals surface area contributed by atoms with Crippen LogP contribution in [0.2, 0.25) is 0 Å². The quantitative estimate of drug-likeness (QED) is 0.632. The summed E-state index contributed by atoms with van der Waals surface area (Å²) in [5.74, 6) is -0.177. The lowest BCUT2D eigenvalue weighted by Crippen LogP contribution is -2.24. The number of ether oxygens (including phenoxy) is 1. The van der Waals surface area contributed by atoms with E-state index in [4.69, 9.17) is 4.74 Å². The number of aromatic nitrogens is 3. The maximum absolute atomic E-state index is 11.8. The van der Waals surface area contributed by atoms with E-state index in [0.29, 0.717) is 13.0 Å². The molecule has 1 aromatic carbocycles. The number of nitrogens with zero attached hydrogens (tertiary/aromatic N) is 3. The lowest BCUT2D eigenvalue weighted by atomic mass is 9.88. The molecule has 2 heterocycles. The molecule has 0 amide bonds. The summed E-state index contributed by atoms with van der Waals surface area (Å²) in [4.78, 5) is 16.3. The van der Waals surface area contributed by atoms with Crippen LogP contribution in [0.1, 0.15) is 23.2 Å². The van der Waals surface area contributed by atoms with Gasteiger partial charge in [0.25, 0.3) is 0 Å². The molecule has 6 heteroatoms. The van der Waals surface area contributed by atoms with E-state index in [9.17, 15) is 4.79 Å². The van der Waals surface area contributed by atoms with Crippen molar-refractivity contribution in [2.75, 3.05) is 7.11 Å². The second-order valence-corrected chi connectivity index (χ2v) is 7.29. The van der Waals surface area contributed by atoms with Gasteiger partial charge in [-0.15, -0.1) is 0 Å². The SMILES string of the molecule is COC(=O)C1CCc2c(cnn2Cc2cc(Br)cc3cccnc23)C1. The highest BCUT2D eigenvalue weighted by atomic mass is 79.9. The predicted molar refractivity (Wildman–Crippen MR) is 98.3 cm³/mol. The summed E-state index contributed by atoms with van der Waals surface area (Å²) >= 11 is 3.59. The highest BCUT2D eigenvalue weighted by Crippen LogP contribution is 2.28. The molecule has 0 aliphatic heterocycles. The highest BCUT2D eigenvalue weighted by Gasteiger charge is 2.28. The van der Waals surface area contributed by atoms with Crippen molar-refractivity contribution < 1.29 is 9.53 Å². The first-order chi connectivity index (χ1) is 12.2. The smallest absolute Gasteiger partial charge is 0.309 e. The maximum Gasteiger partial charge on any atom is 0.309 e. The zero-order valence-corrected chi connectivity index (χ0v) is 15.5. The molecule has 0 saturated heterocycles. The van der Waals surface area contributed by atoms with Crippen molar-refractivity contribution in [1.29, 1.82) is 0 Å². The zero-order valence-electron chi connectivity index (χ0n) is 13.9. The molecular formula is C19H18BrN3O2. The van der Waals surface area contributed by atoms with Crippen molar-refractivity contribution in [3.8, 4) is 0 Å². The zero-order chi connectivity index (χ0) is 17.4. The Morgan fingerprint density at radius 3 is 3.16 bits per heavy atom. The van der Waals surface area contributed by atoms with Crippen LogP contribution in [0.5, 0.6) is 0 Å². The van der Waals surface area contributed by atoms with Crippen LogP contribution in [-0.2, 0) is 28.9 Å². The van der Waals surface area contributed by atoms with Crippen LogP contribution in [0.3, 0.4) is 0 Å². The number of rotatable bonds is 3. The largest absolute Gasteiger partial charge is 0.469 e. The lowest BCUT2D eigenvalue weighted by molar-refractivity contribution is -0.145. The molecule has 1 unspecified atom stereocenters. The average Bonchev–Trinajstić information content (AvgIpc) is 3.03. The second-order valence-electron chi connectivity index (χ2n) is 6.38. The van der Waals surface area contributed by atoms with Gasteiger partial charge in [0, 0.05) is 27.3 Å². The van der Waals surface area contributed by atoms with Gasteiger partial charge < -0.3 is 4.74 Å². The van der Waals surface area contributed by atoms with Gasteiger partial charge >= 0.3 is 5.97 Å². The number of fused-ring (bicyclic) bond motifs is 2. The number of halogens is 1. The van der Waals surface area contributed by atoms with Crippen LogP contribution in [0, 0.1) is 5.92 Å². The summed E-state index contributed by atoms with van der Waals surface area (Å²) < 4.78 is 7.97. The Morgan fingerprint density at radius 1 is 1.44 bits per heavy atom. The van der Waals surface area contributed by atoms with Crippen molar-refractivity contribution >= 4 is 32.8 Å². The van der Waals surface area contributed by atoms with Gasteiger partial charge in [-0.2, -0.15) is 5.10 Å². The normalized spacial score (nSPS) is 16.6. The molecule has 1 aliphatic carbocycles. The van der Waals surface area contributed by atoms with E-state index >= 15 is 0 Å². The number of hydrogen-bond acceptors (Lipinski definition) is 4. The van der Waals surface area contributed by atoms with Crippen molar-refractivity contribution in [3.63, 3.8) is 0 Å². The van der Waals surface area contributed by atoms with E-state index in [2.05, 4.69) is 44.2 Å². The fourth-order valence-electron chi connectivity index (χ4n) is 3.60. The van der Waals surface area contributed by atoms with Crippen LogP contribution in [0.15, 0.2) is 41.1 Å². The first-order valence-electron chi connectivity index (χ1n) is 8.30. The minimum absolute atomic E-state index is 0.0523. The van der Waals surface area contributed by atoms with E-state index in [0.717, 1.165) is 39.3 Å². The first kappa shape index (κ1) is 16.3. The molecule has 1 aliphatic rings. The average molecular weight is 400 g/mol. The minimum atomic E-state index is -0.124. The molecule has 0 bridgehead atoms. The molecule has 0 N–H and O–H groups in total. The van der Waals surface area contributed by atoms with Crippen molar-refractivity contribution in [1.82, 2.24) is 14.8 Å². The number of carbonyl (C=O) groups is 1. The van der Waals surface area contributed by atoms with E-state index in [1.807, 2.05) is 23.1 Å².